The van der Waals surface area contributed by atoms with Crippen molar-refractivity contribution in [1.82, 2.24) is 10.4 Å². The highest BCUT2D eigenvalue weighted by molar-refractivity contribution is 7.34. The van der Waals surface area contributed by atoms with E-state index in [0.29, 0.717) is 12.0 Å². The maximum atomic E-state index is 3.43. The topological polar surface area (TPSA) is 24.1 Å². The van der Waals surface area contributed by atoms with Crippen molar-refractivity contribution in [3.05, 3.63) is 35.4 Å². The SMILES string of the molecule is CNC(CNPC)c1ccccc1C(C)C. The van der Waals surface area contributed by atoms with Gasteiger partial charge in [0.1, 0.15) is 0 Å². The Kier molecular flexibility index (Phi) is 5.97. The third kappa shape index (κ3) is 3.55. The predicted molar refractivity (Wildman–Crippen MR) is 74.6 cm³/mol. The van der Waals surface area contributed by atoms with E-state index >= 15 is 0 Å². The quantitative estimate of drug-likeness (QED) is 0.745. The third-order valence-corrected chi connectivity index (χ3v) is 3.38. The summed E-state index contributed by atoms with van der Waals surface area (Å²) in [5, 5.41) is 6.82. The Morgan fingerprint density at radius 1 is 1.19 bits per heavy atom. The van der Waals surface area contributed by atoms with Crippen molar-refractivity contribution in [2.45, 2.75) is 25.8 Å². The molecule has 0 saturated heterocycles. The Hall–Kier alpha value is -0.430. The number of rotatable bonds is 6. The first-order chi connectivity index (χ1) is 7.70. The molecule has 0 saturated carbocycles. The summed E-state index contributed by atoms with van der Waals surface area (Å²) in [7, 11) is 2.83. The van der Waals surface area contributed by atoms with Crippen molar-refractivity contribution in [2.75, 3.05) is 20.3 Å². The normalized spacial score (nSPS) is 13.8. The van der Waals surface area contributed by atoms with Crippen LogP contribution in [0, 0.1) is 0 Å². The van der Waals surface area contributed by atoms with Crippen LogP contribution in [0.15, 0.2) is 24.3 Å². The maximum absolute atomic E-state index is 3.43. The highest BCUT2D eigenvalue weighted by atomic mass is 31.1. The van der Waals surface area contributed by atoms with Crippen LogP contribution in [0.4, 0.5) is 0 Å². The van der Waals surface area contributed by atoms with Gasteiger partial charge in [0.25, 0.3) is 0 Å². The fourth-order valence-electron chi connectivity index (χ4n) is 1.93. The van der Waals surface area contributed by atoms with Crippen molar-refractivity contribution in [3.8, 4) is 0 Å². The van der Waals surface area contributed by atoms with E-state index in [1.165, 1.54) is 11.1 Å². The van der Waals surface area contributed by atoms with E-state index < -0.39 is 0 Å². The highest BCUT2D eigenvalue weighted by Gasteiger charge is 2.14. The van der Waals surface area contributed by atoms with Crippen LogP contribution in [0.2, 0.25) is 0 Å². The Bertz CT molecular complexity index is 313. The summed E-state index contributed by atoms with van der Waals surface area (Å²) in [5.41, 5.74) is 2.87. The van der Waals surface area contributed by atoms with Crippen molar-refractivity contribution < 1.29 is 0 Å². The first kappa shape index (κ1) is 13.6. The molecule has 0 bridgehead atoms. The van der Waals surface area contributed by atoms with E-state index in [1.807, 2.05) is 7.05 Å². The van der Waals surface area contributed by atoms with Gasteiger partial charge in [0, 0.05) is 12.6 Å². The Morgan fingerprint density at radius 3 is 2.31 bits per heavy atom. The molecule has 1 rings (SSSR count). The molecule has 0 spiro atoms. The number of hydrogen-bond acceptors (Lipinski definition) is 2. The van der Waals surface area contributed by atoms with Crippen LogP contribution in [0.3, 0.4) is 0 Å². The lowest BCUT2D eigenvalue weighted by Crippen LogP contribution is -2.26. The van der Waals surface area contributed by atoms with Gasteiger partial charge < -0.3 is 5.32 Å². The second-order valence-electron chi connectivity index (χ2n) is 4.26. The Balaban J connectivity index is 2.90. The van der Waals surface area contributed by atoms with Crippen LogP contribution in [-0.4, -0.2) is 20.3 Å². The number of nitrogens with one attached hydrogen (secondary N) is 2. The summed E-state index contributed by atoms with van der Waals surface area (Å²) in [6.45, 7) is 7.66. The van der Waals surface area contributed by atoms with E-state index in [2.05, 4.69) is 55.2 Å². The molecular formula is C13H23N2P. The van der Waals surface area contributed by atoms with Gasteiger partial charge in [-0.2, -0.15) is 0 Å². The molecule has 0 heterocycles. The van der Waals surface area contributed by atoms with Gasteiger partial charge in [-0.3, -0.25) is 5.09 Å². The lowest BCUT2D eigenvalue weighted by Gasteiger charge is -2.22. The largest absolute Gasteiger partial charge is 0.312 e. The van der Waals surface area contributed by atoms with Crippen molar-refractivity contribution >= 4 is 8.73 Å². The molecule has 3 heteroatoms. The third-order valence-electron chi connectivity index (χ3n) is 2.82. The average molecular weight is 238 g/mol. The molecule has 0 aromatic heterocycles. The molecule has 1 aromatic carbocycles. The molecule has 16 heavy (non-hydrogen) atoms. The smallest absolute Gasteiger partial charge is 0.0450 e. The van der Waals surface area contributed by atoms with E-state index in [-0.39, 0.29) is 0 Å². The van der Waals surface area contributed by atoms with Gasteiger partial charge >= 0.3 is 0 Å². The van der Waals surface area contributed by atoms with Crippen molar-refractivity contribution in [3.63, 3.8) is 0 Å². The first-order valence-electron chi connectivity index (χ1n) is 5.86. The van der Waals surface area contributed by atoms with E-state index in [9.17, 15) is 0 Å². The number of benzene rings is 1. The molecule has 0 amide bonds. The zero-order valence-corrected chi connectivity index (χ0v) is 11.7. The van der Waals surface area contributed by atoms with Gasteiger partial charge in [-0.25, -0.2) is 0 Å². The minimum Gasteiger partial charge on any atom is -0.312 e. The molecule has 0 aliphatic rings. The van der Waals surface area contributed by atoms with E-state index in [0.717, 1.165) is 15.3 Å². The Labute approximate surface area is 101 Å². The van der Waals surface area contributed by atoms with E-state index in [1.54, 1.807) is 0 Å². The van der Waals surface area contributed by atoms with Gasteiger partial charge in [-0.1, -0.05) is 46.8 Å². The summed E-state index contributed by atoms with van der Waals surface area (Å²) in [5.74, 6) is 0.580. The highest BCUT2D eigenvalue weighted by Crippen LogP contribution is 2.24. The maximum Gasteiger partial charge on any atom is 0.0450 e. The van der Waals surface area contributed by atoms with Crippen LogP contribution in [0.25, 0.3) is 0 Å². The number of likely N-dealkylation sites (N-methyl/N-ethyl adjacent to an activating group) is 1. The lowest BCUT2D eigenvalue weighted by molar-refractivity contribution is 0.579. The first-order valence-corrected chi connectivity index (χ1v) is 7.36. The molecule has 0 aliphatic carbocycles. The molecular weight excluding hydrogens is 215 g/mol. The zero-order chi connectivity index (χ0) is 12.0. The average Bonchev–Trinajstić information content (AvgIpc) is 2.30. The molecule has 0 fully saturated rings. The lowest BCUT2D eigenvalue weighted by atomic mass is 9.93. The molecule has 90 valence electrons. The molecule has 0 radical (unpaired) electrons. The van der Waals surface area contributed by atoms with Crippen molar-refractivity contribution in [1.29, 1.82) is 0 Å². The summed E-state index contributed by atoms with van der Waals surface area (Å²) < 4.78 is 0. The zero-order valence-electron chi connectivity index (χ0n) is 10.7. The van der Waals surface area contributed by atoms with Gasteiger partial charge in [0.05, 0.1) is 0 Å². The van der Waals surface area contributed by atoms with Crippen LogP contribution < -0.4 is 10.4 Å². The predicted octanol–water partition coefficient (Wildman–Crippen LogP) is 2.88. The fourth-order valence-corrected chi connectivity index (χ4v) is 2.33. The molecule has 0 aliphatic heterocycles. The summed E-state index contributed by atoms with van der Waals surface area (Å²) >= 11 is 0. The standard InChI is InChI=1S/C13H23N2P/c1-10(2)11-7-5-6-8-12(11)13(14-3)9-15-16-4/h5-8,10,13-16H,9H2,1-4H3. The minimum atomic E-state index is 0.408. The Morgan fingerprint density at radius 2 is 1.81 bits per heavy atom. The molecule has 2 atom stereocenters. The van der Waals surface area contributed by atoms with Crippen LogP contribution >= 0.6 is 8.73 Å². The van der Waals surface area contributed by atoms with Crippen molar-refractivity contribution in [2.24, 2.45) is 0 Å². The molecule has 2 unspecified atom stereocenters. The summed E-state index contributed by atoms with van der Waals surface area (Å²) in [6.07, 6.45) is 0. The summed E-state index contributed by atoms with van der Waals surface area (Å²) in [6, 6.07) is 9.13. The molecule has 2 N–H and O–H groups in total. The second kappa shape index (κ2) is 7.01. The molecule has 2 nitrogen and oxygen atoms in total. The van der Waals surface area contributed by atoms with E-state index in [4.69, 9.17) is 0 Å². The minimum absolute atomic E-state index is 0.408. The summed E-state index contributed by atoms with van der Waals surface area (Å²) in [4.78, 5) is 0. The fraction of sp³-hybridized carbons (Fsp3) is 0.538. The van der Waals surface area contributed by atoms with Gasteiger partial charge in [0.2, 0.25) is 0 Å². The van der Waals surface area contributed by atoms with Gasteiger partial charge in [0.15, 0.2) is 0 Å². The van der Waals surface area contributed by atoms with Crippen LogP contribution in [-0.2, 0) is 0 Å². The molecule has 1 aromatic rings. The second-order valence-corrected chi connectivity index (χ2v) is 5.11. The van der Waals surface area contributed by atoms with Gasteiger partial charge in [-0.05, 0) is 30.8 Å². The van der Waals surface area contributed by atoms with Crippen LogP contribution in [0.1, 0.15) is 36.9 Å². The monoisotopic (exact) mass is 238 g/mol. The number of hydrogen-bond donors (Lipinski definition) is 2. The van der Waals surface area contributed by atoms with Crippen LogP contribution in [0.5, 0.6) is 0 Å². The van der Waals surface area contributed by atoms with Gasteiger partial charge in [-0.15, -0.1) is 0 Å².